The van der Waals surface area contributed by atoms with Crippen molar-refractivity contribution in [2.24, 2.45) is 0 Å². The molecule has 0 radical (unpaired) electrons. The molecule has 0 spiro atoms. The Morgan fingerprint density at radius 1 is 1.25 bits per heavy atom. The monoisotopic (exact) mass is 318 g/mol. The third kappa shape index (κ3) is 3.95. The molecule has 0 atom stereocenters. The van der Waals surface area contributed by atoms with E-state index < -0.39 is 6.61 Å². The summed E-state index contributed by atoms with van der Waals surface area (Å²) < 4.78 is 29.1. The number of pyridine rings is 1. The first kappa shape index (κ1) is 14.8. The second-order valence-corrected chi connectivity index (χ2v) is 4.62. The van der Waals surface area contributed by atoms with E-state index in [4.69, 9.17) is 23.2 Å². The van der Waals surface area contributed by atoms with Crippen LogP contribution in [0.15, 0.2) is 36.5 Å². The van der Waals surface area contributed by atoms with Gasteiger partial charge in [-0.25, -0.2) is 4.98 Å². The van der Waals surface area contributed by atoms with Crippen LogP contribution in [0.2, 0.25) is 10.2 Å². The zero-order valence-electron chi connectivity index (χ0n) is 10.1. The van der Waals surface area contributed by atoms with Crippen molar-refractivity contribution in [1.82, 2.24) is 4.98 Å². The highest BCUT2D eigenvalue weighted by Crippen LogP contribution is 2.26. The molecule has 0 bridgehead atoms. The highest BCUT2D eigenvalue weighted by atomic mass is 35.5. The van der Waals surface area contributed by atoms with Gasteiger partial charge >= 0.3 is 6.61 Å². The van der Waals surface area contributed by atoms with Gasteiger partial charge in [0.05, 0.1) is 5.69 Å². The summed E-state index contributed by atoms with van der Waals surface area (Å²) in [5, 5.41) is 3.72. The Morgan fingerprint density at radius 3 is 2.75 bits per heavy atom. The summed E-state index contributed by atoms with van der Waals surface area (Å²) in [4.78, 5) is 3.91. The average Bonchev–Trinajstić information content (AvgIpc) is 2.40. The van der Waals surface area contributed by atoms with Gasteiger partial charge in [-0.1, -0.05) is 23.2 Å². The number of alkyl halides is 2. The number of aromatic nitrogens is 1. The molecule has 0 fully saturated rings. The van der Waals surface area contributed by atoms with Gasteiger partial charge in [0.2, 0.25) is 0 Å². The lowest BCUT2D eigenvalue weighted by atomic mass is 10.2. The summed E-state index contributed by atoms with van der Waals surface area (Å²) in [7, 11) is 0. The average molecular weight is 319 g/mol. The van der Waals surface area contributed by atoms with Crippen LogP contribution in [0.1, 0.15) is 5.56 Å². The third-order valence-corrected chi connectivity index (χ3v) is 3.00. The lowest BCUT2D eigenvalue weighted by molar-refractivity contribution is -0.0504. The quantitative estimate of drug-likeness (QED) is 0.818. The molecule has 7 heteroatoms. The predicted molar refractivity (Wildman–Crippen MR) is 74.7 cm³/mol. The minimum absolute atomic E-state index is 0.0666. The van der Waals surface area contributed by atoms with Gasteiger partial charge in [-0.15, -0.1) is 0 Å². The van der Waals surface area contributed by atoms with Crippen molar-refractivity contribution >= 4 is 28.9 Å². The fraction of sp³-hybridized carbons (Fsp3) is 0.154. The molecule has 1 aromatic heterocycles. The van der Waals surface area contributed by atoms with Crippen molar-refractivity contribution in [1.29, 1.82) is 0 Å². The van der Waals surface area contributed by atoms with Crippen LogP contribution in [0, 0.1) is 0 Å². The van der Waals surface area contributed by atoms with E-state index in [1.165, 1.54) is 12.1 Å². The lowest BCUT2D eigenvalue weighted by Crippen LogP contribution is -2.07. The van der Waals surface area contributed by atoms with Crippen LogP contribution >= 0.6 is 23.2 Å². The van der Waals surface area contributed by atoms with Crippen LogP contribution in [-0.2, 0) is 6.54 Å². The molecular formula is C13H10Cl2F2N2O. The molecule has 0 aliphatic carbocycles. The maximum atomic E-state index is 12.3. The zero-order chi connectivity index (χ0) is 14.5. The van der Waals surface area contributed by atoms with Crippen molar-refractivity contribution in [3.8, 4) is 5.75 Å². The Balaban J connectivity index is 2.16. The molecular weight excluding hydrogens is 309 g/mol. The summed E-state index contributed by atoms with van der Waals surface area (Å²) >= 11 is 11.8. The van der Waals surface area contributed by atoms with Gasteiger partial charge < -0.3 is 10.1 Å². The van der Waals surface area contributed by atoms with E-state index in [-0.39, 0.29) is 12.3 Å². The smallest absolute Gasteiger partial charge is 0.387 e. The van der Waals surface area contributed by atoms with Gasteiger partial charge in [0.15, 0.2) is 5.15 Å². The summed E-state index contributed by atoms with van der Waals surface area (Å²) in [5.41, 5.74) is 1.09. The van der Waals surface area contributed by atoms with E-state index in [0.29, 0.717) is 21.4 Å². The molecule has 1 heterocycles. The van der Waals surface area contributed by atoms with Crippen LogP contribution < -0.4 is 10.1 Å². The Bertz CT molecular complexity index is 596. The number of rotatable bonds is 5. The van der Waals surface area contributed by atoms with E-state index in [1.807, 2.05) is 0 Å². The number of benzene rings is 1. The summed E-state index contributed by atoms with van der Waals surface area (Å²) in [6.45, 7) is -2.66. The van der Waals surface area contributed by atoms with Crippen LogP contribution in [0.4, 0.5) is 14.5 Å². The molecule has 106 valence electrons. The zero-order valence-corrected chi connectivity index (χ0v) is 11.6. The van der Waals surface area contributed by atoms with Gasteiger partial charge in [0, 0.05) is 23.3 Å². The van der Waals surface area contributed by atoms with Gasteiger partial charge in [-0.3, -0.25) is 0 Å². The summed E-state index contributed by atoms with van der Waals surface area (Å²) in [6, 6.07) is 7.88. The van der Waals surface area contributed by atoms with Crippen molar-refractivity contribution in [3.63, 3.8) is 0 Å². The fourth-order valence-corrected chi connectivity index (χ4v) is 1.99. The first-order valence-electron chi connectivity index (χ1n) is 5.64. The van der Waals surface area contributed by atoms with Crippen LogP contribution in [0.3, 0.4) is 0 Å². The minimum Gasteiger partial charge on any atom is -0.434 e. The number of hydrogen-bond donors (Lipinski definition) is 1. The first-order valence-corrected chi connectivity index (χ1v) is 6.39. The Labute approximate surface area is 124 Å². The van der Waals surface area contributed by atoms with E-state index in [1.54, 1.807) is 24.4 Å². The molecule has 3 nitrogen and oxygen atoms in total. The second-order valence-electron chi connectivity index (χ2n) is 3.83. The SMILES string of the molecule is FC(F)Oc1ccc(Cl)cc1CNc1cccnc1Cl. The lowest BCUT2D eigenvalue weighted by Gasteiger charge is -2.13. The number of halogens is 4. The van der Waals surface area contributed by atoms with Crippen LogP contribution in [0.5, 0.6) is 5.75 Å². The highest BCUT2D eigenvalue weighted by molar-refractivity contribution is 6.32. The molecule has 1 N–H and O–H groups in total. The fourth-order valence-electron chi connectivity index (χ4n) is 1.61. The van der Waals surface area contributed by atoms with E-state index >= 15 is 0 Å². The van der Waals surface area contributed by atoms with Crippen LogP contribution in [-0.4, -0.2) is 11.6 Å². The van der Waals surface area contributed by atoms with Crippen molar-refractivity contribution < 1.29 is 13.5 Å². The van der Waals surface area contributed by atoms with Crippen molar-refractivity contribution in [2.45, 2.75) is 13.2 Å². The number of nitrogens with one attached hydrogen (secondary N) is 1. The largest absolute Gasteiger partial charge is 0.434 e. The molecule has 2 aromatic rings. The van der Waals surface area contributed by atoms with E-state index in [9.17, 15) is 8.78 Å². The van der Waals surface area contributed by atoms with Gasteiger partial charge in [0.25, 0.3) is 0 Å². The molecule has 0 saturated heterocycles. The molecule has 0 saturated carbocycles. The van der Waals surface area contributed by atoms with Crippen molar-refractivity contribution in [2.75, 3.05) is 5.32 Å². The second kappa shape index (κ2) is 6.72. The summed E-state index contributed by atoms with van der Waals surface area (Å²) in [6.07, 6.45) is 1.55. The highest BCUT2D eigenvalue weighted by Gasteiger charge is 2.10. The standard InChI is InChI=1S/C13H10Cl2F2N2O/c14-9-3-4-11(20-13(16)17)8(6-9)7-19-10-2-1-5-18-12(10)15/h1-6,13,19H,7H2. The van der Waals surface area contributed by atoms with Gasteiger partial charge in [-0.05, 0) is 30.3 Å². The minimum atomic E-state index is -2.89. The molecule has 20 heavy (non-hydrogen) atoms. The first-order chi connectivity index (χ1) is 9.56. The molecule has 0 unspecified atom stereocenters. The number of hydrogen-bond acceptors (Lipinski definition) is 3. The van der Waals surface area contributed by atoms with Gasteiger partial charge in [-0.2, -0.15) is 8.78 Å². The van der Waals surface area contributed by atoms with Crippen molar-refractivity contribution in [3.05, 3.63) is 52.3 Å². The van der Waals surface area contributed by atoms with Crippen LogP contribution in [0.25, 0.3) is 0 Å². The molecule has 0 aliphatic heterocycles. The topological polar surface area (TPSA) is 34.1 Å². The predicted octanol–water partition coefficient (Wildman–Crippen LogP) is 4.60. The third-order valence-electron chi connectivity index (χ3n) is 2.47. The number of nitrogens with zero attached hydrogens (tertiary/aromatic N) is 1. The Morgan fingerprint density at radius 2 is 2.05 bits per heavy atom. The molecule has 1 aromatic carbocycles. The molecule has 0 amide bonds. The summed E-state index contributed by atoms with van der Waals surface area (Å²) in [5.74, 6) is 0.0666. The van der Waals surface area contributed by atoms with E-state index in [0.717, 1.165) is 0 Å². The maximum Gasteiger partial charge on any atom is 0.387 e. The van der Waals surface area contributed by atoms with E-state index in [2.05, 4.69) is 15.0 Å². The maximum absolute atomic E-state index is 12.3. The number of anilines is 1. The Kier molecular flexibility index (Phi) is 4.98. The number of ether oxygens (including phenoxy) is 1. The Hall–Kier alpha value is -1.59. The molecule has 0 aliphatic rings. The molecule has 2 rings (SSSR count). The van der Waals surface area contributed by atoms with Gasteiger partial charge in [0.1, 0.15) is 5.75 Å². The normalized spacial score (nSPS) is 10.7.